The summed E-state index contributed by atoms with van der Waals surface area (Å²) in [6.45, 7) is 12.5. The minimum atomic E-state index is 0.874. The highest BCUT2D eigenvalue weighted by molar-refractivity contribution is 6.11. The van der Waals surface area contributed by atoms with Gasteiger partial charge >= 0.3 is 0 Å². The lowest BCUT2D eigenvalue weighted by atomic mass is 9.99. The molecule has 0 radical (unpaired) electrons. The van der Waals surface area contributed by atoms with Gasteiger partial charge < -0.3 is 9.32 Å². The van der Waals surface area contributed by atoms with Crippen molar-refractivity contribution in [2.24, 2.45) is 0 Å². The normalized spacial score (nSPS) is 12.2. The van der Waals surface area contributed by atoms with E-state index in [4.69, 9.17) is 4.42 Å². The first-order valence-corrected chi connectivity index (χ1v) is 16.0. The maximum atomic E-state index is 6.32. The van der Waals surface area contributed by atoms with Crippen LogP contribution >= 0.6 is 0 Å². The highest BCUT2D eigenvalue weighted by Gasteiger charge is 2.18. The Labute approximate surface area is 281 Å². The second kappa shape index (κ2) is 13.5. The smallest absolute Gasteiger partial charge is 0.136 e. The van der Waals surface area contributed by atoms with Crippen LogP contribution in [0.4, 0.5) is 11.4 Å². The van der Waals surface area contributed by atoms with Crippen LogP contribution in [0.25, 0.3) is 49.4 Å². The Balaban J connectivity index is 1.31. The van der Waals surface area contributed by atoms with E-state index >= 15 is 0 Å². The molecule has 0 saturated heterocycles. The van der Waals surface area contributed by atoms with E-state index in [2.05, 4.69) is 146 Å². The van der Waals surface area contributed by atoms with E-state index < -0.39 is 0 Å². The molecule has 0 aliphatic rings. The summed E-state index contributed by atoms with van der Waals surface area (Å²) >= 11 is 0. The van der Waals surface area contributed by atoms with Gasteiger partial charge in [-0.2, -0.15) is 0 Å². The van der Waals surface area contributed by atoms with Crippen molar-refractivity contribution in [3.63, 3.8) is 0 Å². The maximum absolute atomic E-state index is 6.32. The van der Waals surface area contributed by atoms with Crippen LogP contribution in [0.2, 0.25) is 0 Å². The van der Waals surface area contributed by atoms with E-state index in [0.717, 1.165) is 66.8 Å². The Bertz CT molecular complexity index is 2390. The molecule has 0 aliphatic heterocycles. The van der Waals surface area contributed by atoms with Crippen molar-refractivity contribution in [1.82, 2.24) is 0 Å². The molecule has 1 heterocycles. The maximum Gasteiger partial charge on any atom is 0.136 e. The minimum Gasteiger partial charge on any atom is -0.456 e. The van der Waals surface area contributed by atoms with Crippen molar-refractivity contribution in [3.8, 4) is 11.1 Å². The van der Waals surface area contributed by atoms with Gasteiger partial charge in [-0.1, -0.05) is 135 Å². The molecule has 0 fully saturated rings. The van der Waals surface area contributed by atoms with Crippen LogP contribution in [0, 0.1) is 0 Å². The molecule has 2 heteroatoms. The molecule has 48 heavy (non-hydrogen) atoms. The van der Waals surface area contributed by atoms with Crippen LogP contribution < -0.4 is 4.90 Å². The number of fused-ring (bicyclic) bond motifs is 4. The van der Waals surface area contributed by atoms with Crippen molar-refractivity contribution in [1.29, 1.82) is 0 Å². The molecule has 0 amide bonds. The zero-order valence-electron chi connectivity index (χ0n) is 26.7. The van der Waals surface area contributed by atoms with Gasteiger partial charge in [0.05, 0.1) is 5.69 Å². The van der Waals surface area contributed by atoms with Crippen molar-refractivity contribution in [3.05, 3.63) is 213 Å². The zero-order chi connectivity index (χ0) is 32.9. The van der Waals surface area contributed by atoms with Crippen LogP contribution in [0.3, 0.4) is 0 Å². The second-order valence-electron chi connectivity index (χ2n) is 11.6. The SMILES string of the molecule is C=CC(/C=C/C=C(\C=C)N(c1ccccc1)c1ccccc1-c1ccc2oc3cc4ccccc4cc3c2c1)=C\C(=C)c1ccccc1. The molecule has 0 N–H and O–H groups in total. The molecule has 230 valence electrons. The molecule has 7 aromatic rings. The third-order valence-corrected chi connectivity index (χ3v) is 8.55. The van der Waals surface area contributed by atoms with Crippen LogP contribution in [-0.4, -0.2) is 0 Å². The number of nitrogens with zero attached hydrogens (tertiary/aromatic N) is 1. The van der Waals surface area contributed by atoms with Gasteiger partial charge in [-0.05, 0) is 93.7 Å². The van der Waals surface area contributed by atoms with Gasteiger partial charge in [-0.15, -0.1) is 0 Å². The summed E-state index contributed by atoms with van der Waals surface area (Å²) in [4.78, 5) is 2.25. The molecule has 0 aliphatic carbocycles. The van der Waals surface area contributed by atoms with E-state index in [9.17, 15) is 0 Å². The topological polar surface area (TPSA) is 16.4 Å². The predicted octanol–water partition coefficient (Wildman–Crippen LogP) is 13.0. The van der Waals surface area contributed by atoms with Crippen LogP contribution in [0.1, 0.15) is 5.56 Å². The summed E-state index contributed by atoms with van der Waals surface area (Å²) in [6, 6.07) is 48.3. The quantitative estimate of drug-likeness (QED) is 0.142. The van der Waals surface area contributed by atoms with Gasteiger partial charge in [0, 0.05) is 27.7 Å². The van der Waals surface area contributed by atoms with Gasteiger partial charge in [0.15, 0.2) is 0 Å². The van der Waals surface area contributed by atoms with Crippen molar-refractivity contribution >= 4 is 49.7 Å². The Morgan fingerprint density at radius 1 is 0.625 bits per heavy atom. The monoisotopic (exact) mass is 617 g/mol. The summed E-state index contributed by atoms with van der Waals surface area (Å²) in [5.74, 6) is 0. The summed E-state index contributed by atoms with van der Waals surface area (Å²) < 4.78 is 6.32. The van der Waals surface area contributed by atoms with E-state index in [1.807, 2.05) is 54.6 Å². The molecule has 0 unspecified atom stereocenters. The molecule has 0 saturated carbocycles. The second-order valence-corrected chi connectivity index (χ2v) is 11.6. The standard InChI is InChI=1S/C46H35NO/c1-4-34(29-33(3)35-18-8-6-9-19-35)17-16-24-39(5-2)47(40-22-10-7-11-23-40)44-26-15-14-25-41(44)38-27-28-45-42(31-38)43-30-36-20-12-13-21-37(36)32-46(43)48-45/h4-32H,1-3H2/b17-16+,34-29+,39-24+. The number of rotatable bonds is 10. The molecule has 6 aromatic carbocycles. The lowest BCUT2D eigenvalue weighted by Gasteiger charge is -2.28. The highest BCUT2D eigenvalue weighted by atomic mass is 16.3. The molecule has 2 nitrogen and oxygen atoms in total. The Kier molecular flexibility index (Phi) is 8.54. The minimum absolute atomic E-state index is 0.874. The average molecular weight is 618 g/mol. The number of hydrogen-bond acceptors (Lipinski definition) is 2. The third kappa shape index (κ3) is 6.08. The van der Waals surface area contributed by atoms with Crippen LogP contribution in [0.5, 0.6) is 0 Å². The Hall–Kier alpha value is -6.38. The third-order valence-electron chi connectivity index (χ3n) is 8.55. The van der Waals surface area contributed by atoms with Gasteiger partial charge in [0.25, 0.3) is 0 Å². The number of hydrogen-bond donors (Lipinski definition) is 0. The van der Waals surface area contributed by atoms with E-state index in [1.165, 1.54) is 10.8 Å². The Morgan fingerprint density at radius 3 is 2.04 bits per heavy atom. The Morgan fingerprint density at radius 2 is 1.29 bits per heavy atom. The summed E-state index contributed by atoms with van der Waals surface area (Å²) in [5.41, 5.74) is 9.93. The number of anilines is 2. The lowest BCUT2D eigenvalue weighted by Crippen LogP contribution is -2.15. The first-order valence-electron chi connectivity index (χ1n) is 16.0. The van der Waals surface area contributed by atoms with Gasteiger partial charge in [0.1, 0.15) is 11.2 Å². The molecule has 0 bridgehead atoms. The average Bonchev–Trinajstić information content (AvgIpc) is 3.50. The van der Waals surface area contributed by atoms with E-state index in [-0.39, 0.29) is 0 Å². The largest absolute Gasteiger partial charge is 0.456 e. The fraction of sp³-hybridized carbons (Fsp3) is 0. The van der Waals surface area contributed by atoms with Gasteiger partial charge in [-0.3, -0.25) is 0 Å². The lowest BCUT2D eigenvalue weighted by molar-refractivity contribution is 0.669. The van der Waals surface area contributed by atoms with Gasteiger partial charge in [-0.25, -0.2) is 0 Å². The van der Waals surface area contributed by atoms with Gasteiger partial charge in [0.2, 0.25) is 0 Å². The number of benzene rings is 6. The first kappa shape index (κ1) is 30.3. The summed E-state index contributed by atoms with van der Waals surface area (Å²) in [7, 11) is 0. The van der Waals surface area contributed by atoms with Crippen LogP contribution in [-0.2, 0) is 0 Å². The molecule has 0 atom stereocenters. The summed E-state index contributed by atoms with van der Waals surface area (Å²) in [6.07, 6.45) is 11.9. The predicted molar refractivity (Wildman–Crippen MR) is 206 cm³/mol. The van der Waals surface area contributed by atoms with Crippen molar-refractivity contribution in [2.75, 3.05) is 4.90 Å². The molecule has 7 rings (SSSR count). The molecular weight excluding hydrogens is 583 g/mol. The van der Waals surface area contributed by atoms with E-state index in [0.29, 0.717) is 0 Å². The van der Waals surface area contributed by atoms with Crippen molar-refractivity contribution < 1.29 is 4.42 Å². The fourth-order valence-electron chi connectivity index (χ4n) is 6.15. The highest BCUT2D eigenvalue weighted by Crippen LogP contribution is 2.41. The van der Waals surface area contributed by atoms with E-state index in [1.54, 1.807) is 0 Å². The van der Waals surface area contributed by atoms with Crippen LogP contribution in [0.15, 0.2) is 211 Å². The molecule has 1 aromatic heterocycles. The molecular formula is C46H35NO. The van der Waals surface area contributed by atoms with Crippen molar-refractivity contribution in [2.45, 2.75) is 0 Å². The summed E-state index contributed by atoms with van der Waals surface area (Å²) in [5, 5.41) is 4.57. The zero-order valence-corrected chi connectivity index (χ0v) is 26.7. The molecule has 0 spiro atoms. The fourth-order valence-corrected chi connectivity index (χ4v) is 6.15. The number of allylic oxidation sites excluding steroid dienone is 8. The first-order chi connectivity index (χ1) is 23.6. The number of para-hydroxylation sites is 2. The number of furan rings is 1.